The SMILES string of the molecule is CCC(/C=C(\C#N)C1=[N+](CCC(=O)O)c2ccc(OC=O)cc2C1(C)C)=C\C=C1\N(CCOC=O)c2ccc(C(=O)O)cc2C1(C)C.Cc1ccc2c(c1)C(C)(C)C(/C(C#N)=C/C(C#N)=C/C=C1/N(CCOC=O)c3ccc(C(F)(F)F)cc3C1(C)C)=[N+]2CCC(=O)O. The fraction of sp³-hybridized carbons (Fsp3) is 0.338. The molecule has 0 unspecified atom stereocenters. The predicted octanol–water partition coefficient (Wildman–Crippen LogP) is 12.0. The Balaban J connectivity index is 0.000000264. The highest BCUT2D eigenvalue weighted by Gasteiger charge is 2.50. The number of carbonyl (C=O) groups is 6. The number of aryl methyl sites for hydroxylation is 1. The van der Waals surface area contributed by atoms with E-state index in [0.717, 1.165) is 62.7 Å². The number of nitriles is 3. The number of nitrogens with zero attached hydrogens (tertiary/aromatic N) is 7. The molecule has 93 heavy (non-hydrogen) atoms. The van der Waals surface area contributed by atoms with Gasteiger partial charge in [-0.25, -0.2) is 4.79 Å². The minimum Gasteiger partial charge on any atom is -0.481 e. The van der Waals surface area contributed by atoms with Gasteiger partial charge in [0.15, 0.2) is 13.1 Å². The number of rotatable bonds is 24. The van der Waals surface area contributed by atoms with E-state index >= 15 is 0 Å². The average Bonchev–Trinajstić information content (AvgIpc) is 1.62. The smallest absolute Gasteiger partial charge is 0.416 e. The van der Waals surface area contributed by atoms with Crippen LogP contribution in [0.3, 0.4) is 0 Å². The summed E-state index contributed by atoms with van der Waals surface area (Å²) in [5.41, 5.74) is 7.31. The summed E-state index contributed by atoms with van der Waals surface area (Å²) >= 11 is 0. The Morgan fingerprint density at radius 2 is 1.10 bits per heavy atom. The second-order valence-electron chi connectivity index (χ2n) is 24.5. The van der Waals surface area contributed by atoms with Crippen molar-refractivity contribution >= 4 is 71.5 Å². The minimum atomic E-state index is -4.54. The molecule has 482 valence electrons. The van der Waals surface area contributed by atoms with E-state index in [1.807, 2.05) is 99.8 Å². The molecule has 4 heterocycles. The van der Waals surface area contributed by atoms with Crippen molar-refractivity contribution in [2.75, 3.05) is 49.2 Å². The van der Waals surface area contributed by atoms with Crippen LogP contribution in [0.2, 0.25) is 0 Å². The number of benzene rings is 4. The molecule has 0 saturated carbocycles. The molecule has 4 aliphatic heterocycles. The van der Waals surface area contributed by atoms with Crippen LogP contribution < -0.4 is 14.5 Å². The van der Waals surface area contributed by atoms with Crippen LogP contribution in [-0.4, -0.2) is 113 Å². The van der Waals surface area contributed by atoms with Crippen LogP contribution in [0.25, 0.3) is 0 Å². The summed E-state index contributed by atoms with van der Waals surface area (Å²) in [6.07, 6.45) is 5.91. The molecule has 4 aliphatic rings. The van der Waals surface area contributed by atoms with Crippen LogP contribution in [0.1, 0.15) is 125 Å². The van der Waals surface area contributed by atoms with Crippen LogP contribution in [0.15, 0.2) is 143 Å². The van der Waals surface area contributed by atoms with Gasteiger partial charge in [0.2, 0.25) is 22.8 Å². The lowest BCUT2D eigenvalue weighted by Crippen LogP contribution is -2.31. The summed E-state index contributed by atoms with van der Waals surface area (Å²) in [5, 5.41) is 59.5. The number of carboxylic acid groups (broad SMARTS) is 3. The first-order valence-electron chi connectivity index (χ1n) is 29.7. The molecule has 19 nitrogen and oxygen atoms in total. The molecule has 0 radical (unpaired) electrons. The van der Waals surface area contributed by atoms with Gasteiger partial charge in [0.1, 0.15) is 55.1 Å². The summed E-state index contributed by atoms with van der Waals surface area (Å²) < 4.78 is 59.5. The van der Waals surface area contributed by atoms with Crippen LogP contribution in [0, 0.1) is 40.9 Å². The van der Waals surface area contributed by atoms with Gasteiger partial charge < -0.3 is 39.3 Å². The van der Waals surface area contributed by atoms with Crippen molar-refractivity contribution in [3.05, 3.63) is 182 Å². The Morgan fingerprint density at radius 3 is 1.57 bits per heavy atom. The second kappa shape index (κ2) is 28.2. The summed E-state index contributed by atoms with van der Waals surface area (Å²) in [6, 6.07) is 26.1. The van der Waals surface area contributed by atoms with E-state index in [4.69, 9.17) is 14.2 Å². The number of halogens is 3. The van der Waals surface area contributed by atoms with Crippen LogP contribution >= 0.6 is 0 Å². The monoisotopic (exact) mass is 1270 g/mol. The Bertz CT molecular complexity index is 4120. The van der Waals surface area contributed by atoms with Crippen LogP contribution in [0.4, 0.5) is 35.9 Å². The van der Waals surface area contributed by atoms with Gasteiger partial charge in [-0.05, 0) is 143 Å². The fourth-order valence-electron chi connectivity index (χ4n) is 12.7. The first-order valence-corrected chi connectivity index (χ1v) is 29.7. The van der Waals surface area contributed by atoms with Crippen LogP contribution in [0.5, 0.6) is 5.75 Å². The lowest BCUT2D eigenvalue weighted by molar-refractivity contribution is -0.437. The topological polar surface area (TPSA) is 275 Å². The molecule has 8 rings (SSSR count). The van der Waals surface area contributed by atoms with Crippen molar-refractivity contribution < 1.29 is 80.6 Å². The molecular weight excluding hydrogens is 1200 g/mol. The third-order valence-corrected chi connectivity index (χ3v) is 17.2. The zero-order chi connectivity index (χ0) is 68.5. The average molecular weight is 1270 g/mol. The number of aromatic carboxylic acids is 1. The molecule has 0 aliphatic carbocycles. The number of fused-ring (bicyclic) bond motifs is 4. The Morgan fingerprint density at radius 1 is 0.602 bits per heavy atom. The lowest BCUT2D eigenvalue weighted by atomic mass is 9.78. The molecule has 0 aromatic heterocycles. The van der Waals surface area contributed by atoms with E-state index < -0.39 is 51.3 Å². The second-order valence-corrected chi connectivity index (χ2v) is 24.5. The number of carboxylic acids is 3. The molecule has 4 aromatic carbocycles. The normalized spacial score (nSPS) is 17.5. The molecular formula is C71H72F3N7O12+2. The predicted molar refractivity (Wildman–Crippen MR) is 340 cm³/mol. The first kappa shape index (κ1) is 69.8. The van der Waals surface area contributed by atoms with E-state index in [1.54, 1.807) is 67.3 Å². The third-order valence-electron chi connectivity index (χ3n) is 17.2. The Hall–Kier alpha value is -10.7. The van der Waals surface area contributed by atoms with Gasteiger partial charge in [0.05, 0.1) is 46.7 Å². The minimum absolute atomic E-state index is 0.0235. The van der Waals surface area contributed by atoms with E-state index in [9.17, 15) is 73.0 Å². The molecule has 0 spiro atoms. The van der Waals surface area contributed by atoms with Gasteiger partial charge in [-0.2, -0.15) is 38.1 Å². The summed E-state index contributed by atoms with van der Waals surface area (Å²) in [6.45, 7) is 21.1. The van der Waals surface area contributed by atoms with Gasteiger partial charge in [0, 0.05) is 56.9 Å². The van der Waals surface area contributed by atoms with Crippen molar-refractivity contribution in [3.63, 3.8) is 0 Å². The highest BCUT2D eigenvalue weighted by Crippen LogP contribution is 2.51. The van der Waals surface area contributed by atoms with E-state index in [0.29, 0.717) is 72.1 Å². The van der Waals surface area contributed by atoms with Crippen LogP contribution in [-0.2, 0) is 61.3 Å². The number of alkyl halides is 3. The molecule has 0 amide bonds. The number of carbonyl (C=O) groups excluding carboxylic acids is 3. The number of hydrogen-bond acceptors (Lipinski definition) is 14. The zero-order valence-corrected chi connectivity index (χ0v) is 53.3. The number of aliphatic carboxylic acids is 2. The highest BCUT2D eigenvalue weighted by atomic mass is 19.4. The Labute approximate surface area is 537 Å². The van der Waals surface area contributed by atoms with Crippen molar-refractivity contribution in [1.82, 2.24) is 0 Å². The van der Waals surface area contributed by atoms with Crippen molar-refractivity contribution in [2.45, 2.75) is 116 Å². The maximum absolute atomic E-state index is 13.6. The van der Waals surface area contributed by atoms with Gasteiger partial charge >= 0.3 is 24.1 Å². The molecule has 22 heteroatoms. The zero-order valence-electron chi connectivity index (χ0n) is 53.3. The molecule has 0 saturated heterocycles. The summed E-state index contributed by atoms with van der Waals surface area (Å²) in [4.78, 5) is 71.4. The summed E-state index contributed by atoms with van der Waals surface area (Å²) in [7, 11) is 0. The molecule has 0 atom stereocenters. The number of anilines is 2. The lowest BCUT2D eigenvalue weighted by Gasteiger charge is -2.26. The van der Waals surface area contributed by atoms with Gasteiger partial charge in [0.25, 0.3) is 19.4 Å². The van der Waals surface area contributed by atoms with Crippen molar-refractivity contribution in [3.8, 4) is 24.0 Å². The van der Waals surface area contributed by atoms with Gasteiger partial charge in [-0.3, -0.25) is 24.0 Å². The van der Waals surface area contributed by atoms with E-state index in [-0.39, 0.29) is 62.4 Å². The molecule has 3 N–H and O–H groups in total. The third kappa shape index (κ3) is 14.4. The Kier molecular flexibility index (Phi) is 21.2. The quantitative estimate of drug-likeness (QED) is 0.0193. The maximum Gasteiger partial charge on any atom is 0.416 e. The molecule has 0 bridgehead atoms. The van der Waals surface area contributed by atoms with Gasteiger partial charge in [-0.15, -0.1) is 0 Å². The van der Waals surface area contributed by atoms with E-state index in [1.165, 1.54) is 18.2 Å². The van der Waals surface area contributed by atoms with Crippen molar-refractivity contribution in [1.29, 1.82) is 15.8 Å². The standard InChI is InChI=1S/C36H37N3O8.C35H33F3N4O4/c1-6-23(7-12-31-35(2,3)27-18-24(34(44)45)8-10-29(27)38(31)15-16-46-21-40)17-25(20-37)33-36(4,5)28-19-26(47-22-41)9-11-30(28)39(33)14-13-32(42)43;1-22-6-9-29-26(16-22)34(4,5)32(42(29)13-12-31(44)45)24(20-40)17-23(19-39)7-11-30-33(2,3)27-18-25(35(36,37)38)8-10-28(27)41(30)14-15-46-21-43/h7-12,17-19,21-22H,6,13-16H2,1-5H3,(H-,42,43,44,45);6-11,16-18,21H,12-15H2,1-5H3/p+2. The maximum atomic E-state index is 13.6. The number of allylic oxidation sites excluding steroid dienone is 12. The van der Waals surface area contributed by atoms with Crippen molar-refractivity contribution in [2.24, 2.45) is 0 Å². The highest BCUT2D eigenvalue weighted by molar-refractivity contribution is 6.11. The van der Waals surface area contributed by atoms with E-state index in [2.05, 4.69) is 18.2 Å². The van der Waals surface area contributed by atoms with Gasteiger partial charge in [-0.1, -0.05) is 52.3 Å². The number of hydrogen-bond donors (Lipinski definition) is 3. The fourth-order valence-corrected chi connectivity index (χ4v) is 12.7. The largest absolute Gasteiger partial charge is 0.481 e. The first-order chi connectivity index (χ1) is 43.9. The summed E-state index contributed by atoms with van der Waals surface area (Å²) in [5.74, 6) is -2.65. The molecule has 0 fully saturated rings. The molecule has 4 aromatic rings. The number of ether oxygens (including phenoxy) is 3.